The van der Waals surface area contributed by atoms with Crippen molar-refractivity contribution in [1.82, 2.24) is 0 Å². The van der Waals surface area contributed by atoms with Gasteiger partial charge in [0, 0.05) is 13.8 Å². The summed E-state index contributed by atoms with van der Waals surface area (Å²) in [7, 11) is 0.314. The molecule has 2 unspecified atom stereocenters. The molecular weight excluding hydrogens is 180 g/mol. The zero-order chi connectivity index (χ0) is 8.77. The minimum atomic E-state index is -0.564. The largest absolute Gasteiger partial charge is 0.556 e. The molecule has 0 saturated heterocycles. The van der Waals surface area contributed by atoms with Crippen LogP contribution in [0.3, 0.4) is 0 Å². The van der Waals surface area contributed by atoms with E-state index in [4.69, 9.17) is 4.43 Å². The smallest absolute Gasteiger partial charge is 0.203 e. The molecule has 1 saturated carbocycles. The van der Waals surface area contributed by atoms with Gasteiger partial charge in [0.15, 0.2) is 0 Å². The van der Waals surface area contributed by atoms with E-state index in [0.29, 0.717) is 5.04 Å². The molecule has 2 aliphatic carbocycles. The summed E-state index contributed by atoms with van der Waals surface area (Å²) in [4.78, 5) is 0. The highest BCUT2D eigenvalue weighted by Crippen LogP contribution is 2.61. The Bertz CT molecular complexity index is 225. The zero-order valence-corrected chi connectivity index (χ0v) is 11.4. The van der Waals surface area contributed by atoms with Gasteiger partial charge in [0.05, 0.1) is 5.76 Å². The molecule has 0 N–H and O–H groups in total. The first kappa shape index (κ1) is 8.57. The van der Waals surface area contributed by atoms with Crippen LogP contribution in [0.5, 0.6) is 0 Å². The molecule has 0 aromatic rings. The highest BCUT2D eigenvalue weighted by Gasteiger charge is 2.49. The molecule has 2 bridgehead atoms. The van der Waals surface area contributed by atoms with Gasteiger partial charge in [-0.2, -0.15) is 0 Å². The molecule has 2 rings (SSSR count). The van der Waals surface area contributed by atoms with Crippen LogP contribution in [-0.2, 0) is 4.43 Å². The fourth-order valence-corrected chi connectivity index (χ4v) is 6.02. The van der Waals surface area contributed by atoms with E-state index in [2.05, 4.69) is 19.2 Å². The second kappa shape index (κ2) is 2.74. The Hall–Kier alpha value is -0.0262. The van der Waals surface area contributed by atoms with E-state index in [9.17, 15) is 0 Å². The Morgan fingerprint density at radius 2 is 2.42 bits per heavy atom. The van der Waals surface area contributed by atoms with Crippen molar-refractivity contribution in [3.05, 3.63) is 11.8 Å². The minimum Gasteiger partial charge on any atom is -0.556 e. The Labute approximate surface area is 79.3 Å². The number of allylic oxidation sites excluding steroid dienone is 2. The van der Waals surface area contributed by atoms with E-state index >= 15 is 0 Å². The van der Waals surface area contributed by atoms with Crippen molar-refractivity contribution in [3.8, 4) is 0 Å². The van der Waals surface area contributed by atoms with E-state index in [1.165, 1.54) is 25.0 Å². The molecular formula is C9H18OSi2. The Kier molecular flexibility index (Phi) is 1.95. The molecule has 0 heterocycles. The highest BCUT2D eigenvalue weighted by atomic mass is 28.3. The molecule has 0 spiro atoms. The maximum Gasteiger partial charge on any atom is 0.203 e. The lowest BCUT2D eigenvalue weighted by atomic mass is 10.1. The summed E-state index contributed by atoms with van der Waals surface area (Å²) in [6.07, 6.45) is 6.70. The summed E-state index contributed by atoms with van der Waals surface area (Å²) in [6.45, 7) is 4.95. The normalized spacial score (nSPS) is 39.2. The van der Waals surface area contributed by atoms with E-state index in [-0.39, 0.29) is 0 Å². The van der Waals surface area contributed by atoms with Crippen LogP contribution in [0.2, 0.25) is 18.1 Å². The summed E-state index contributed by atoms with van der Waals surface area (Å²) in [6, 6.07) is 0. The summed E-state index contributed by atoms with van der Waals surface area (Å²) in [5.41, 5.74) is 0. The van der Waals surface area contributed by atoms with Gasteiger partial charge in [-0.15, -0.1) is 0 Å². The Balaban J connectivity index is 2.30. The van der Waals surface area contributed by atoms with Crippen molar-refractivity contribution in [1.29, 1.82) is 0 Å². The van der Waals surface area contributed by atoms with Crippen LogP contribution in [0.1, 0.15) is 19.3 Å². The Morgan fingerprint density at radius 3 is 2.83 bits per heavy atom. The second-order valence-corrected chi connectivity index (χ2v) is 8.37. The van der Waals surface area contributed by atoms with Crippen LogP contribution in [0.25, 0.3) is 0 Å². The van der Waals surface area contributed by atoms with Gasteiger partial charge in [0.25, 0.3) is 0 Å². The summed E-state index contributed by atoms with van der Waals surface area (Å²) >= 11 is 0. The van der Waals surface area contributed by atoms with E-state index in [0.717, 1.165) is 16.4 Å². The number of hydrogen-bond acceptors (Lipinski definition) is 1. The molecule has 1 nitrogen and oxygen atoms in total. The molecule has 0 amide bonds. The fraction of sp³-hybridized carbons (Fsp3) is 0.778. The summed E-state index contributed by atoms with van der Waals surface area (Å²) in [5, 5.41) is 0.590. The molecule has 1 fully saturated rings. The van der Waals surface area contributed by atoms with Gasteiger partial charge in [-0.1, -0.05) is 13.1 Å². The average molecular weight is 198 g/mol. The maximum atomic E-state index is 5.64. The molecule has 0 radical (unpaired) electrons. The van der Waals surface area contributed by atoms with E-state index in [1.54, 1.807) is 0 Å². The van der Waals surface area contributed by atoms with Gasteiger partial charge >= 0.3 is 0 Å². The first-order valence-electron chi connectivity index (χ1n) is 4.95. The van der Waals surface area contributed by atoms with E-state index in [1.807, 2.05) is 0 Å². The van der Waals surface area contributed by atoms with Gasteiger partial charge in [-0.3, -0.25) is 0 Å². The van der Waals surface area contributed by atoms with Gasteiger partial charge < -0.3 is 4.43 Å². The van der Waals surface area contributed by atoms with E-state index < -0.39 is 8.80 Å². The lowest BCUT2D eigenvalue weighted by Gasteiger charge is -2.32. The number of fused-ring (bicyclic) bond motifs is 2. The molecule has 0 aromatic heterocycles. The van der Waals surface area contributed by atoms with Crippen LogP contribution in [-0.4, -0.2) is 19.3 Å². The molecule has 0 aromatic carbocycles. The third kappa shape index (κ3) is 0.957. The van der Waals surface area contributed by atoms with Crippen LogP contribution in [0.15, 0.2) is 11.8 Å². The predicted molar refractivity (Wildman–Crippen MR) is 58.0 cm³/mol. The first-order valence-corrected chi connectivity index (χ1v) is 8.65. The van der Waals surface area contributed by atoms with Gasteiger partial charge in [-0.25, -0.2) is 0 Å². The molecule has 2 aliphatic rings. The quantitative estimate of drug-likeness (QED) is 0.606. The van der Waals surface area contributed by atoms with Crippen molar-refractivity contribution in [2.24, 2.45) is 5.92 Å². The SMILES string of the molecule is C[SiH](C)C12CCC(C=C1O[SiH3])C2. The maximum absolute atomic E-state index is 5.64. The molecule has 3 heteroatoms. The van der Waals surface area contributed by atoms with Crippen LogP contribution in [0.4, 0.5) is 0 Å². The average Bonchev–Trinajstić information content (AvgIpc) is 2.60. The summed E-state index contributed by atoms with van der Waals surface area (Å²) < 4.78 is 5.64. The topological polar surface area (TPSA) is 9.23 Å². The van der Waals surface area contributed by atoms with Crippen LogP contribution < -0.4 is 0 Å². The van der Waals surface area contributed by atoms with Crippen molar-refractivity contribution in [2.45, 2.75) is 37.4 Å². The third-order valence-corrected chi connectivity index (χ3v) is 7.25. The monoisotopic (exact) mass is 198 g/mol. The highest BCUT2D eigenvalue weighted by molar-refractivity contribution is 6.60. The second-order valence-electron chi connectivity index (χ2n) is 4.55. The lowest BCUT2D eigenvalue weighted by Crippen LogP contribution is -2.26. The van der Waals surface area contributed by atoms with Gasteiger partial charge in [-0.05, 0) is 31.3 Å². The first-order chi connectivity index (χ1) is 5.69. The molecule has 2 atom stereocenters. The zero-order valence-electron chi connectivity index (χ0n) is 8.26. The third-order valence-electron chi connectivity index (χ3n) is 3.79. The fourth-order valence-electron chi connectivity index (χ4n) is 2.94. The lowest BCUT2D eigenvalue weighted by molar-refractivity contribution is 0.389. The molecule has 12 heavy (non-hydrogen) atoms. The Morgan fingerprint density at radius 1 is 1.67 bits per heavy atom. The summed E-state index contributed by atoms with van der Waals surface area (Å²) in [5.74, 6) is 2.27. The van der Waals surface area contributed by atoms with Crippen molar-refractivity contribution >= 4 is 19.3 Å². The standard InChI is InChI=1S/C9H18OSi2/c1-12(2)9-4-3-7(6-9)5-8(9)10-11/h5,7,12H,3-4,6H2,1-2,11H3. The van der Waals surface area contributed by atoms with Crippen LogP contribution >= 0.6 is 0 Å². The predicted octanol–water partition coefficient (Wildman–Crippen LogP) is 1.21. The van der Waals surface area contributed by atoms with Gasteiger partial charge in [0.2, 0.25) is 10.5 Å². The van der Waals surface area contributed by atoms with Gasteiger partial charge in [0.1, 0.15) is 0 Å². The number of hydrogen-bond donors (Lipinski definition) is 0. The van der Waals surface area contributed by atoms with Crippen LogP contribution in [0, 0.1) is 5.92 Å². The van der Waals surface area contributed by atoms with Crippen molar-refractivity contribution in [2.75, 3.05) is 0 Å². The minimum absolute atomic E-state index is 0.564. The molecule has 0 aliphatic heterocycles. The molecule has 68 valence electrons. The van der Waals surface area contributed by atoms with Crippen molar-refractivity contribution in [3.63, 3.8) is 0 Å². The van der Waals surface area contributed by atoms with Crippen molar-refractivity contribution < 1.29 is 4.43 Å². The number of rotatable bonds is 2.